The molecule has 1 aliphatic rings. The number of aromatic nitrogens is 2. The molecule has 1 aromatic rings. The van der Waals surface area contributed by atoms with Crippen LogP contribution in [0.3, 0.4) is 0 Å². The monoisotopic (exact) mass is 197 g/mol. The molecule has 0 unspecified atom stereocenters. The summed E-state index contributed by atoms with van der Waals surface area (Å²) in [6.07, 6.45) is 4.50. The van der Waals surface area contributed by atoms with Gasteiger partial charge in [0.15, 0.2) is 5.82 Å². The number of nitrogens with zero attached hydrogens (tertiary/aromatic N) is 2. The lowest BCUT2D eigenvalue weighted by atomic mass is 9.86. The third kappa shape index (κ3) is 1.48. The van der Waals surface area contributed by atoms with Gasteiger partial charge in [0, 0.05) is 7.11 Å². The van der Waals surface area contributed by atoms with Crippen LogP contribution in [0.1, 0.15) is 31.5 Å². The molecule has 1 heterocycles. The van der Waals surface area contributed by atoms with Gasteiger partial charge in [-0.1, -0.05) is 18.0 Å². The second-order valence-corrected chi connectivity index (χ2v) is 3.88. The minimum Gasteiger partial charge on any atom is -0.384 e. The van der Waals surface area contributed by atoms with Gasteiger partial charge in [-0.3, -0.25) is 0 Å². The summed E-state index contributed by atoms with van der Waals surface area (Å²) in [5.74, 6) is 0.703. The van der Waals surface area contributed by atoms with Gasteiger partial charge in [0.05, 0.1) is 12.0 Å². The van der Waals surface area contributed by atoms with Gasteiger partial charge in [0.25, 0.3) is 0 Å². The first kappa shape index (κ1) is 9.45. The molecule has 5 nitrogen and oxygen atoms in total. The minimum atomic E-state index is -0.0597. The summed E-state index contributed by atoms with van der Waals surface area (Å²) in [6.45, 7) is 0.645. The number of anilines is 1. The van der Waals surface area contributed by atoms with Crippen LogP contribution in [-0.4, -0.2) is 23.9 Å². The van der Waals surface area contributed by atoms with Crippen molar-refractivity contribution in [2.75, 3.05) is 19.5 Å². The van der Waals surface area contributed by atoms with Crippen LogP contribution in [0.25, 0.3) is 0 Å². The molecule has 1 aliphatic carbocycles. The second-order valence-electron chi connectivity index (χ2n) is 3.88. The molecule has 1 saturated carbocycles. The molecule has 1 aromatic heterocycles. The summed E-state index contributed by atoms with van der Waals surface area (Å²) in [6, 6.07) is 0.141. The molecular weight excluding hydrogens is 182 g/mol. The van der Waals surface area contributed by atoms with Crippen molar-refractivity contribution in [1.82, 2.24) is 10.1 Å². The Morgan fingerprint density at radius 2 is 2.21 bits per heavy atom. The zero-order valence-electron chi connectivity index (χ0n) is 8.32. The van der Waals surface area contributed by atoms with E-state index in [1.807, 2.05) is 0 Å². The zero-order chi connectivity index (χ0) is 10.0. The number of hydrogen-bond acceptors (Lipinski definition) is 5. The fourth-order valence-corrected chi connectivity index (χ4v) is 2.21. The third-order valence-corrected chi connectivity index (χ3v) is 2.90. The maximum Gasteiger partial charge on any atom is 0.318 e. The van der Waals surface area contributed by atoms with Crippen molar-refractivity contribution >= 4 is 6.01 Å². The van der Waals surface area contributed by atoms with Gasteiger partial charge in [-0.15, -0.1) is 0 Å². The Balaban J connectivity index is 2.26. The molecule has 78 valence electrons. The predicted molar refractivity (Wildman–Crippen MR) is 50.7 cm³/mol. The van der Waals surface area contributed by atoms with Crippen LogP contribution in [0.4, 0.5) is 6.01 Å². The predicted octanol–water partition coefficient (Wildman–Crippen LogP) is 1.11. The van der Waals surface area contributed by atoms with E-state index in [9.17, 15) is 0 Å². The Bertz CT molecular complexity index is 305. The maximum atomic E-state index is 5.42. The highest BCUT2D eigenvalue weighted by Gasteiger charge is 2.39. The third-order valence-electron chi connectivity index (χ3n) is 2.90. The second kappa shape index (κ2) is 3.57. The van der Waals surface area contributed by atoms with Crippen molar-refractivity contribution in [1.29, 1.82) is 0 Å². The van der Waals surface area contributed by atoms with Gasteiger partial charge in [0.2, 0.25) is 0 Å². The number of rotatable bonds is 3. The van der Waals surface area contributed by atoms with E-state index in [4.69, 9.17) is 15.0 Å². The van der Waals surface area contributed by atoms with Gasteiger partial charge in [-0.25, -0.2) is 0 Å². The normalized spacial score (nSPS) is 20.1. The van der Waals surface area contributed by atoms with Crippen molar-refractivity contribution in [3.05, 3.63) is 5.82 Å². The van der Waals surface area contributed by atoms with Crippen molar-refractivity contribution in [2.24, 2.45) is 0 Å². The number of methoxy groups -OCH3 is 1. The van der Waals surface area contributed by atoms with Crippen molar-refractivity contribution in [3.8, 4) is 0 Å². The van der Waals surface area contributed by atoms with E-state index in [2.05, 4.69) is 10.1 Å². The van der Waals surface area contributed by atoms with Gasteiger partial charge >= 0.3 is 6.01 Å². The molecule has 2 N–H and O–H groups in total. The molecule has 0 aliphatic heterocycles. The fourth-order valence-electron chi connectivity index (χ4n) is 2.21. The molecule has 0 bridgehead atoms. The first-order valence-electron chi connectivity index (χ1n) is 4.85. The van der Waals surface area contributed by atoms with Crippen LogP contribution in [0.5, 0.6) is 0 Å². The van der Waals surface area contributed by atoms with Crippen LogP contribution >= 0.6 is 0 Å². The molecule has 0 spiro atoms. The smallest absolute Gasteiger partial charge is 0.318 e. The van der Waals surface area contributed by atoms with Crippen LogP contribution in [0.2, 0.25) is 0 Å². The summed E-state index contributed by atoms with van der Waals surface area (Å²) in [7, 11) is 1.70. The summed E-state index contributed by atoms with van der Waals surface area (Å²) in [4.78, 5) is 4.10. The topological polar surface area (TPSA) is 74.2 Å². The van der Waals surface area contributed by atoms with E-state index in [0.717, 1.165) is 12.8 Å². The number of hydrogen-bond donors (Lipinski definition) is 1. The van der Waals surface area contributed by atoms with Crippen molar-refractivity contribution < 1.29 is 9.26 Å². The van der Waals surface area contributed by atoms with Gasteiger partial charge in [-0.05, 0) is 12.8 Å². The number of nitrogen functional groups attached to an aromatic ring is 1. The lowest BCUT2D eigenvalue weighted by molar-refractivity contribution is 0.125. The maximum absolute atomic E-state index is 5.42. The van der Waals surface area contributed by atoms with E-state index in [1.54, 1.807) is 7.11 Å². The van der Waals surface area contributed by atoms with Crippen molar-refractivity contribution in [2.45, 2.75) is 31.1 Å². The highest BCUT2D eigenvalue weighted by Crippen LogP contribution is 2.39. The summed E-state index contributed by atoms with van der Waals surface area (Å²) < 4.78 is 10.0. The summed E-state index contributed by atoms with van der Waals surface area (Å²) in [5.41, 5.74) is 5.36. The van der Waals surface area contributed by atoms with E-state index < -0.39 is 0 Å². The quantitative estimate of drug-likeness (QED) is 0.785. The van der Waals surface area contributed by atoms with Crippen LogP contribution in [-0.2, 0) is 10.2 Å². The Morgan fingerprint density at radius 3 is 2.71 bits per heavy atom. The fraction of sp³-hybridized carbons (Fsp3) is 0.778. The standard InChI is InChI=1S/C9H15N3O2/c1-13-6-9(4-2-3-5-9)7-11-8(10)14-12-7/h2-6H2,1H3,(H2,10,11,12). The highest BCUT2D eigenvalue weighted by molar-refractivity contribution is 5.16. The largest absolute Gasteiger partial charge is 0.384 e. The van der Waals surface area contributed by atoms with E-state index in [-0.39, 0.29) is 11.4 Å². The highest BCUT2D eigenvalue weighted by atomic mass is 16.5. The number of ether oxygens (including phenoxy) is 1. The molecule has 2 rings (SSSR count). The van der Waals surface area contributed by atoms with Crippen molar-refractivity contribution in [3.63, 3.8) is 0 Å². The van der Waals surface area contributed by atoms with Gasteiger partial charge in [-0.2, -0.15) is 4.98 Å². The van der Waals surface area contributed by atoms with E-state index in [1.165, 1.54) is 12.8 Å². The molecular formula is C9H15N3O2. The molecule has 5 heteroatoms. The molecule has 14 heavy (non-hydrogen) atoms. The molecule has 0 aromatic carbocycles. The van der Waals surface area contributed by atoms with Gasteiger partial charge < -0.3 is 15.0 Å². The Labute approximate surface area is 82.6 Å². The summed E-state index contributed by atoms with van der Waals surface area (Å²) >= 11 is 0. The molecule has 0 radical (unpaired) electrons. The molecule has 0 amide bonds. The molecule has 0 saturated heterocycles. The lowest BCUT2D eigenvalue weighted by Crippen LogP contribution is -2.29. The van der Waals surface area contributed by atoms with Crippen LogP contribution in [0, 0.1) is 0 Å². The lowest BCUT2D eigenvalue weighted by Gasteiger charge is -2.23. The van der Waals surface area contributed by atoms with E-state index in [0.29, 0.717) is 12.4 Å². The van der Waals surface area contributed by atoms with Gasteiger partial charge in [0.1, 0.15) is 0 Å². The average molecular weight is 197 g/mol. The van der Waals surface area contributed by atoms with Crippen LogP contribution < -0.4 is 5.73 Å². The number of nitrogens with two attached hydrogens (primary N) is 1. The minimum absolute atomic E-state index is 0.0597. The first-order chi connectivity index (χ1) is 6.77. The molecule has 1 fully saturated rings. The SMILES string of the molecule is COCC1(c2noc(N)n2)CCCC1. The average Bonchev–Trinajstić information content (AvgIpc) is 2.75. The Morgan fingerprint density at radius 1 is 1.50 bits per heavy atom. The zero-order valence-corrected chi connectivity index (χ0v) is 8.32. The molecule has 0 atom stereocenters. The van der Waals surface area contributed by atoms with Crippen LogP contribution in [0.15, 0.2) is 4.52 Å². The van der Waals surface area contributed by atoms with E-state index >= 15 is 0 Å². The Kier molecular flexibility index (Phi) is 2.41. The summed E-state index contributed by atoms with van der Waals surface area (Å²) in [5, 5.41) is 3.90. The Hall–Kier alpha value is -1.10. The first-order valence-corrected chi connectivity index (χ1v) is 4.85.